The summed E-state index contributed by atoms with van der Waals surface area (Å²) in [6.45, 7) is 7.22. The highest BCUT2D eigenvalue weighted by atomic mass is 16.5. The Balaban J connectivity index is 1.76. The molecular weight excluding hydrogens is 330 g/mol. The molecule has 1 aromatic heterocycles. The normalized spacial score (nSPS) is 12.5. The number of rotatable bonds is 10. The van der Waals surface area contributed by atoms with Crippen molar-refractivity contribution in [2.45, 2.75) is 32.9 Å². The Morgan fingerprint density at radius 1 is 1.31 bits per heavy atom. The number of nitrogens with zero attached hydrogens (tertiary/aromatic N) is 3. The van der Waals surface area contributed by atoms with Crippen LogP contribution < -0.4 is 20.1 Å². The summed E-state index contributed by atoms with van der Waals surface area (Å²) in [6.07, 6.45) is 6.55. The molecule has 26 heavy (non-hydrogen) atoms. The third-order valence-electron chi connectivity index (χ3n) is 3.67. The van der Waals surface area contributed by atoms with Crippen molar-refractivity contribution in [3.63, 3.8) is 0 Å². The van der Waals surface area contributed by atoms with Gasteiger partial charge in [0.1, 0.15) is 17.6 Å². The standard InChI is InChI=1S/C19H29N5O2/c1-4-21-19(22-9-6-11-24-12-10-20-15-24)23-14-16(2)26-18-8-5-7-17(13-18)25-3/h5,7-8,10,12-13,15-16H,4,6,9,11,14H2,1-3H3,(H2,21,22,23). The minimum Gasteiger partial charge on any atom is -0.497 e. The monoisotopic (exact) mass is 359 g/mol. The van der Waals surface area contributed by atoms with Gasteiger partial charge in [0.25, 0.3) is 0 Å². The van der Waals surface area contributed by atoms with Crippen LogP contribution in [0.3, 0.4) is 0 Å². The van der Waals surface area contributed by atoms with Crippen molar-refractivity contribution in [3.8, 4) is 11.5 Å². The molecule has 0 radical (unpaired) electrons. The number of guanidine groups is 1. The SMILES string of the molecule is CCNC(=NCC(C)Oc1cccc(OC)c1)NCCCn1ccnc1. The minimum absolute atomic E-state index is 0.0384. The molecule has 0 spiro atoms. The molecular formula is C19H29N5O2. The van der Waals surface area contributed by atoms with E-state index in [0.29, 0.717) is 6.54 Å². The Bertz CT molecular complexity index is 658. The van der Waals surface area contributed by atoms with Crippen LogP contribution in [0.15, 0.2) is 48.0 Å². The lowest BCUT2D eigenvalue weighted by Crippen LogP contribution is -2.38. The van der Waals surface area contributed by atoms with Crippen molar-refractivity contribution in [1.82, 2.24) is 20.2 Å². The number of hydrogen-bond acceptors (Lipinski definition) is 4. The first-order chi connectivity index (χ1) is 12.7. The highest BCUT2D eigenvalue weighted by Crippen LogP contribution is 2.19. The van der Waals surface area contributed by atoms with E-state index in [1.807, 2.05) is 43.7 Å². The first kappa shape index (κ1) is 19.6. The van der Waals surface area contributed by atoms with Gasteiger partial charge < -0.3 is 24.7 Å². The number of methoxy groups -OCH3 is 1. The Kier molecular flexibility index (Phi) is 8.32. The fourth-order valence-electron chi connectivity index (χ4n) is 2.39. The van der Waals surface area contributed by atoms with Gasteiger partial charge in [0, 0.05) is 38.1 Å². The van der Waals surface area contributed by atoms with Crippen LogP contribution >= 0.6 is 0 Å². The third-order valence-corrected chi connectivity index (χ3v) is 3.67. The van der Waals surface area contributed by atoms with Crippen molar-refractivity contribution in [1.29, 1.82) is 0 Å². The van der Waals surface area contributed by atoms with Crippen LogP contribution in [0, 0.1) is 0 Å². The van der Waals surface area contributed by atoms with E-state index in [1.54, 1.807) is 13.3 Å². The summed E-state index contributed by atoms with van der Waals surface area (Å²) in [7, 11) is 1.65. The summed E-state index contributed by atoms with van der Waals surface area (Å²) >= 11 is 0. The largest absolute Gasteiger partial charge is 0.497 e. The van der Waals surface area contributed by atoms with Gasteiger partial charge in [-0.2, -0.15) is 0 Å². The molecule has 0 fully saturated rings. The summed E-state index contributed by atoms with van der Waals surface area (Å²) in [5.74, 6) is 2.37. The molecule has 1 aromatic carbocycles. The van der Waals surface area contributed by atoms with Crippen molar-refractivity contribution in [3.05, 3.63) is 43.0 Å². The molecule has 0 amide bonds. The van der Waals surface area contributed by atoms with E-state index in [9.17, 15) is 0 Å². The molecule has 0 bridgehead atoms. The lowest BCUT2D eigenvalue weighted by Gasteiger charge is -2.15. The van der Waals surface area contributed by atoms with Gasteiger partial charge in [0.15, 0.2) is 5.96 Å². The molecule has 2 N–H and O–H groups in total. The van der Waals surface area contributed by atoms with Gasteiger partial charge in [-0.05, 0) is 32.4 Å². The maximum Gasteiger partial charge on any atom is 0.191 e. The number of nitrogens with one attached hydrogen (secondary N) is 2. The Morgan fingerprint density at radius 3 is 2.88 bits per heavy atom. The molecule has 0 aliphatic rings. The van der Waals surface area contributed by atoms with Crippen molar-refractivity contribution < 1.29 is 9.47 Å². The first-order valence-electron chi connectivity index (χ1n) is 9.00. The molecule has 0 saturated carbocycles. The van der Waals surface area contributed by atoms with Crippen LogP contribution in [0.5, 0.6) is 11.5 Å². The number of hydrogen-bond donors (Lipinski definition) is 2. The van der Waals surface area contributed by atoms with Crippen LogP contribution in [0.4, 0.5) is 0 Å². The van der Waals surface area contributed by atoms with Gasteiger partial charge in [-0.15, -0.1) is 0 Å². The Hall–Kier alpha value is -2.70. The van der Waals surface area contributed by atoms with Crippen LogP contribution in [-0.4, -0.2) is 48.4 Å². The molecule has 1 heterocycles. The molecule has 0 saturated heterocycles. The fourth-order valence-corrected chi connectivity index (χ4v) is 2.39. The van der Waals surface area contributed by atoms with E-state index in [0.717, 1.165) is 43.5 Å². The van der Waals surface area contributed by atoms with Crippen molar-refractivity contribution in [2.75, 3.05) is 26.7 Å². The number of ether oxygens (including phenoxy) is 2. The second-order valence-electron chi connectivity index (χ2n) is 5.91. The van der Waals surface area contributed by atoms with Gasteiger partial charge in [0.2, 0.25) is 0 Å². The van der Waals surface area contributed by atoms with Crippen molar-refractivity contribution in [2.24, 2.45) is 4.99 Å². The molecule has 0 aliphatic heterocycles. The van der Waals surface area contributed by atoms with Crippen molar-refractivity contribution >= 4 is 5.96 Å². The minimum atomic E-state index is -0.0384. The Morgan fingerprint density at radius 2 is 2.15 bits per heavy atom. The predicted octanol–water partition coefficient (Wildman–Crippen LogP) is 2.30. The van der Waals surface area contributed by atoms with Gasteiger partial charge in [0.05, 0.1) is 20.0 Å². The van der Waals surface area contributed by atoms with Gasteiger partial charge >= 0.3 is 0 Å². The molecule has 142 valence electrons. The highest BCUT2D eigenvalue weighted by Gasteiger charge is 2.05. The number of imidazole rings is 1. The summed E-state index contributed by atoms with van der Waals surface area (Å²) in [5, 5.41) is 6.61. The first-order valence-corrected chi connectivity index (χ1v) is 9.00. The van der Waals surface area contributed by atoms with E-state index in [4.69, 9.17) is 9.47 Å². The molecule has 2 rings (SSSR count). The highest BCUT2D eigenvalue weighted by molar-refractivity contribution is 5.79. The predicted molar refractivity (Wildman–Crippen MR) is 104 cm³/mol. The number of aromatic nitrogens is 2. The number of benzene rings is 1. The quantitative estimate of drug-likeness (QED) is 0.387. The Labute approximate surface area is 155 Å². The van der Waals surface area contributed by atoms with Gasteiger partial charge in [-0.3, -0.25) is 0 Å². The van der Waals surface area contributed by atoms with E-state index >= 15 is 0 Å². The van der Waals surface area contributed by atoms with Crippen LogP contribution in [0.1, 0.15) is 20.3 Å². The molecule has 1 atom stereocenters. The molecule has 0 aliphatic carbocycles. The topological polar surface area (TPSA) is 72.7 Å². The smallest absolute Gasteiger partial charge is 0.191 e. The van der Waals surface area contributed by atoms with Gasteiger partial charge in [-0.25, -0.2) is 9.98 Å². The second-order valence-corrected chi connectivity index (χ2v) is 5.91. The lowest BCUT2D eigenvalue weighted by atomic mass is 10.3. The zero-order chi connectivity index (χ0) is 18.6. The second kappa shape index (κ2) is 11.0. The zero-order valence-electron chi connectivity index (χ0n) is 15.8. The van der Waals surface area contributed by atoms with Crippen LogP contribution in [-0.2, 0) is 6.54 Å². The van der Waals surface area contributed by atoms with E-state index in [-0.39, 0.29) is 6.10 Å². The number of aliphatic imine (C=N–C) groups is 1. The summed E-state index contributed by atoms with van der Waals surface area (Å²) in [5.41, 5.74) is 0. The van der Waals surface area contributed by atoms with Crippen LogP contribution in [0.2, 0.25) is 0 Å². The van der Waals surface area contributed by atoms with E-state index < -0.39 is 0 Å². The number of aryl methyl sites for hydroxylation is 1. The molecule has 1 unspecified atom stereocenters. The fraction of sp³-hybridized carbons (Fsp3) is 0.474. The average molecular weight is 359 g/mol. The molecule has 2 aromatic rings. The van der Waals surface area contributed by atoms with E-state index in [1.165, 1.54) is 0 Å². The zero-order valence-corrected chi connectivity index (χ0v) is 15.8. The average Bonchev–Trinajstić information content (AvgIpc) is 3.16. The summed E-state index contributed by atoms with van der Waals surface area (Å²) in [6, 6.07) is 7.60. The third kappa shape index (κ3) is 7.04. The molecule has 7 nitrogen and oxygen atoms in total. The van der Waals surface area contributed by atoms with Gasteiger partial charge in [-0.1, -0.05) is 6.07 Å². The lowest BCUT2D eigenvalue weighted by molar-refractivity contribution is 0.229. The summed E-state index contributed by atoms with van der Waals surface area (Å²) in [4.78, 5) is 8.65. The molecule has 7 heteroatoms. The van der Waals surface area contributed by atoms with E-state index in [2.05, 4.69) is 32.1 Å². The maximum absolute atomic E-state index is 5.91. The summed E-state index contributed by atoms with van der Waals surface area (Å²) < 4.78 is 13.2. The van der Waals surface area contributed by atoms with Crippen LogP contribution in [0.25, 0.3) is 0 Å². The maximum atomic E-state index is 5.91.